The maximum atomic E-state index is 13.0. The topological polar surface area (TPSA) is 94.6 Å². The molecule has 0 aliphatic rings. The van der Waals surface area contributed by atoms with Gasteiger partial charge in [-0.2, -0.15) is 0 Å². The molecule has 2 heterocycles. The molecule has 0 spiro atoms. The average molecular weight is 392 g/mol. The molecule has 0 atom stereocenters. The van der Waals surface area contributed by atoms with Gasteiger partial charge in [-0.05, 0) is 50.5 Å². The zero-order valence-corrected chi connectivity index (χ0v) is 15.1. The normalized spacial score (nSPS) is 12.5. The van der Waals surface area contributed by atoms with Crippen LogP contribution in [0.3, 0.4) is 0 Å². The molecule has 7 aromatic rings. The zero-order chi connectivity index (χ0) is 20.3. The summed E-state index contributed by atoms with van der Waals surface area (Å²) in [6, 6.07) is 13.8. The number of benzene rings is 5. The Morgan fingerprint density at radius 3 is 1.60 bits per heavy atom. The molecule has 140 valence electrons. The van der Waals surface area contributed by atoms with Gasteiger partial charge in [0.05, 0.1) is 21.5 Å². The first-order valence-electron chi connectivity index (χ1n) is 9.28. The Kier molecular flexibility index (Phi) is 2.50. The molecule has 7 rings (SSSR count). The molecule has 6 heteroatoms. The van der Waals surface area contributed by atoms with Gasteiger partial charge in [-0.15, -0.1) is 0 Å². The van der Waals surface area contributed by atoms with Gasteiger partial charge in [-0.3, -0.25) is 0 Å². The Labute approximate surface area is 164 Å². The van der Waals surface area contributed by atoms with Crippen molar-refractivity contribution in [2.24, 2.45) is 0 Å². The molecule has 0 saturated heterocycles. The van der Waals surface area contributed by atoms with Crippen molar-refractivity contribution in [3.05, 3.63) is 90.2 Å². The highest BCUT2D eigenvalue weighted by atomic mass is 16.4. The molecule has 0 N–H and O–H groups in total. The van der Waals surface area contributed by atoms with E-state index in [1.54, 1.807) is 18.2 Å². The van der Waals surface area contributed by atoms with Crippen LogP contribution in [0.15, 0.2) is 76.5 Å². The van der Waals surface area contributed by atoms with Gasteiger partial charge < -0.3 is 8.83 Å². The van der Waals surface area contributed by atoms with Crippen LogP contribution in [-0.4, -0.2) is 0 Å². The number of fused-ring (bicyclic) bond motifs is 1. The van der Waals surface area contributed by atoms with Gasteiger partial charge in [0.1, 0.15) is 0 Å². The van der Waals surface area contributed by atoms with E-state index in [0.717, 1.165) is 21.5 Å². The summed E-state index contributed by atoms with van der Waals surface area (Å²) >= 11 is 0. The summed E-state index contributed by atoms with van der Waals surface area (Å²) in [5, 5.41) is 6.32. The predicted octanol–water partition coefficient (Wildman–Crippen LogP) is 3.55. The van der Waals surface area contributed by atoms with Gasteiger partial charge in [0.2, 0.25) is 0 Å². The Morgan fingerprint density at radius 2 is 0.867 bits per heavy atom. The second-order valence-electron chi connectivity index (χ2n) is 7.50. The number of rotatable bonds is 0. The van der Waals surface area contributed by atoms with Crippen molar-refractivity contribution < 1.29 is 8.83 Å². The number of hydrogen-bond acceptors (Lipinski definition) is 6. The average Bonchev–Trinajstić information content (AvgIpc) is 2.76. The first-order valence-corrected chi connectivity index (χ1v) is 9.28. The number of hydrogen-bond donors (Lipinski definition) is 0. The van der Waals surface area contributed by atoms with E-state index in [-0.39, 0.29) is 16.2 Å². The van der Waals surface area contributed by atoms with Gasteiger partial charge in [-0.1, -0.05) is 30.3 Å². The fourth-order valence-corrected chi connectivity index (χ4v) is 4.97. The van der Waals surface area contributed by atoms with Gasteiger partial charge in [0.15, 0.2) is 0 Å². The Bertz CT molecular complexity index is 2080. The molecule has 0 amide bonds. The lowest BCUT2D eigenvalue weighted by Crippen LogP contribution is -2.13. The molecule has 0 fully saturated rings. The molecule has 5 bridgehead atoms. The first-order chi connectivity index (χ1) is 14.5. The molecule has 2 aromatic heterocycles. The fourth-order valence-electron chi connectivity index (χ4n) is 4.97. The van der Waals surface area contributed by atoms with E-state index < -0.39 is 22.5 Å². The summed E-state index contributed by atoms with van der Waals surface area (Å²) in [6.07, 6.45) is 0. The molecule has 0 saturated carbocycles. The van der Waals surface area contributed by atoms with E-state index in [1.807, 2.05) is 24.3 Å². The molecule has 30 heavy (non-hydrogen) atoms. The van der Waals surface area contributed by atoms with Crippen molar-refractivity contribution in [2.75, 3.05) is 0 Å². The Balaban J connectivity index is 2.12. The minimum absolute atomic E-state index is 0.0937. The SMILES string of the molecule is O=c1oc(=O)c2cc3c(=O)oc(=O)c4ccc5c6ccc1c1cccc(c16)c2c5c43. The van der Waals surface area contributed by atoms with Gasteiger partial charge >= 0.3 is 22.5 Å². The van der Waals surface area contributed by atoms with Crippen molar-refractivity contribution in [3.63, 3.8) is 0 Å². The highest BCUT2D eigenvalue weighted by Crippen LogP contribution is 2.43. The van der Waals surface area contributed by atoms with E-state index in [0.29, 0.717) is 26.9 Å². The maximum absolute atomic E-state index is 13.0. The van der Waals surface area contributed by atoms with Gasteiger partial charge in [0.25, 0.3) is 0 Å². The summed E-state index contributed by atoms with van der Waals surface area (Å²) in [5.41, 5.74) is -3.15. The van der Waals surface area contributed by atoms with E-state index in [9.17, 15) is 19.2 Å². The molecule has 0 unspecified atom stereocenters. The molecule has 0 aliphatic carbocycles. The standard InChI is InChI=1S/C24H8O6/c25-21-12-6-4-10-11-5-7-14-19-16(24(28)30-22(14)26)8-15(23(27)29-21)18(20(11)19)13-3-1-2-9(12)17(10)13/h1-8H. The smallest absolute Gasteiger partial charge is 0.346 e. The molecule has 5 aromatic carbocycles. The minimum atomic E-state index is -0.848. The minimum Gasteiger partial charge on any atom is -0.386 e. The lowest BCUT2D eigenvalue weighted by atomic mass is 9.86. The highest BCUT2D eigenvalue weighted by Gasteiger charge is 2.22. The Morgan fingerprint density at radius 1 is 0.400 bits per heavy atom. The second-order valence-corrected chi connectivity index (χ2v) is 7.50. The van der Waals surface area contributed by atoms with Crippen LogP contribution in [0.2, 0.25) is 0 Å². The van der Waals surface area contributed by atoms with Crippen molar-refractivity contribution in [1.82, 2.24) is 0 Å². The summed E-state index contributed by atoms with van der Waals surface area (Å²) in [4.78, 5) is 50.7. The van der Waals surface area contributed by atoms with Crippen molar-refractivity contribution in [2.45, 2.75) is 0 Å². The quantitative estimate of drug-likeness (QED) is 0.289. The molecular formula is C24H8O6. The fraction of sp³-hybridized carbons (Fsp3) is 0. The molecule has 6 nitrogen and oxygen atoms in total. The van der Waals surface area contributed by atoms with E-state index in [4.69, 9.17) is 8.83 Å². The first kappa shape index (κ1) is 15.6. The summed E-state index contributed by atoms with van der Waals surface area (Å²) in [6.45, 7) is 0. The van der Waals surface area contributed by atoms with Gasteiger partial charge in [0, 0.05) is 10.8 Å². The van der Waals surface area contributed by atoms with Crippen LogP contribution in [0.4, 0.5) is 0 Å². The maximum Gasteiger partial charge on any atom is 0.346 e. The third kappa shape index (κ3) is 1.58. The largest absolute Gasteiger partial charge is 0.386 e. The lowest BCUT2D eigenvalue weighted by molar-refractivity contribution is 0.488. The monoisotopic (exact) mass is 392 g/mol. The summed E-state index contributed by atoms with van der Waals surface area (Å²) in [5.74, 6) is 0. The van der Waals surface area contributed by atoms with Crippen LogP contribution in [0.1, 0.15) is 0 Å². The van der Waals surface area contributed by atoms with Crippen LogP contribution >= 0.6 is 0 Å². The lowest BCUT2D eigenvalue weighted by Gasteiger charge is -2.15. The van der Waals surface area contributed by atoms with Crippen molar-refractivity contribution in [3.8, 4) is 0 Å². The predicted molar refractivity (Wildman–Crippen MR) is 115 cm³/mol. The zero-order valence-electron chi connectivity index (χ0n) is 15.1. The van der Waals surface area contributed by atoms with Crippen LogP contribution in [0.5, 0.6) is 0 Å². The van der Waals surface area contributed by atoms with Crippen LogP contribution in [0, 0.1) is 0 Å². The third-order valence-electron chi connectivity index (χ3n) is 6.13. The van der Waals surface area contributed by atoms with E-state index >= 15 is 0 Å². The summed E-state index contributed by atoms with van der Waals surface area (Å²) in [7, 11) is 0. The molecule has 0 aliphatic heterocycles. The van der Waals surface area contributed by atoms with Crippen LogP contribution in [-0.2, 0) is 0 Å². The van der Waals surface area contributed by atoms with Crippen LogP contribution < -0.4 is 22.5 Å². The molecular weight excluding hydrogens is 384 g/mol. The van der Waals surface area contributed by atoms with E-state index in [1.165, 1.54) is 6.07 Å². The van der Waals surface area contributed by atoms with Gasteiger partial charge in [-0.25, -0.2) is 19.2 Å². The van der Waals surface area contributed by atoms with Crippen LogP contribution in [0.25, 0.3) is 64.6 Å². The second kappa shape index (κ2) is 4.80. The van der Waals surface area contributed by atoms with Crippen molar-refractivity contribution in [1.29, 1.82) is 0 Å². The molecule has 0 radical (unpaired) electrons. The third-order valence-corrected chi connectivity index (χ3v) is 6.13. The highest BCUT2D eigenvalue weighted by molar-refractivity contribution is 6.40. The Hall–Kier alpha value is -4.32. The van der Waals surface area contributed by atoms with E-state index in [2.05, 4.69) is 0 Å². The van der Waals surface area contributed by atoms with Crippen molar-refractivity contribution >= 4 is 64.6 Å². The summed E-state index contributed by atoms with van der Waals surface area (Å²) < 4.78 is 10.0.